The number of aromatic nitrogens is 2. The predicted molar refractivity (Wildman–Crippen MR) is 131 cm³/mol. The van der Waals surface area contributed by atoms with Crippen LogP contribution in [0.5, 0.6) is 11.6 Å². The highest BCUT2D eigenvalue weighted by atomic mass is 19.4. The molecule has 0 radical (unpaired) electrons. The van der Waals surface area contributed by atoms with E-state index in [0.717, 1.165) is 25.7 Å². The summed E-state index contributed by atoms with van der Waals surface area (Å²) in [5.74, 6) is -5.35. The van der Waals surface area contributed by atoms with Crippen molar-refractivity contribution in [3.8, 4) is 11.6 Å². The average Bonchev–Trinajstić information content (AvgIpc) is 3.16. The maximum absolute atomic E-state index is 14.7. The first-order chi connectivity index (χ1) is 17.9. The van der Waals surface area contributed by atoms with Crippen molar-refractivity contribution in [1.29, 1.82) is 0 Å². The van der Waals surface area contributed by atoms with Gasteiger partial charge in [-0.25, -0.2) is 9.37 Å². The minimum atomic E-state index is -4.78. The van der Waals surface area contributed by atoms with Crippen LogP contribution >= 0.6 is 0 Å². The van der Waals surface area contributed by atoms with E-state index in [-0.39, 0.29) is 23.9 Å². The molecule has 38 heavy (non-hydrogen) atoms. The summed E-state index contributed by atoms with van der Waals surface area (Å²) >= 11 is 0. The summed E-state index contributed by atoms with van der Waals surface area (Å²) in [7, 11) is 1.12. The molecule has 10 heteroatoms. The number of rotatable bonds is 7. The summed E-state index contributed by atoms with van der Waals surface area (Å²) in [6.45, 7) is 7.82. The summed E-state index contributed by atoms with van der Waals surface area (Å²) in [6, 6.07) is 11.3. The van der Waals surface area contributed by atoms with E-state index >= 15 is 0 Å². The molecule has 0 amide bonds. The molecule has 2 aromatic carbocycles. The summed E-state index contributed by atoms with van der Waals surface area (Å²) < 4.78 is 88.3. The third-order valence-electron chi connectivity index (χ3n) is 7.11. The quantitative estimate of drug-likeness (QED) is 0.303. The number of hydrogen-bond donors (Lipinski definition) is 0. The van der Waals surface area contributed by atoms with Gasteiger partial charge >= 0.3 is 6.18 Å². The molecule has 0 aliphatic carbocycles. The second kappa shape index (κ2) is 10.3. The topological polar surface area (TPSA) is 53.5 Å². The van der Waals surface area contributed by atoms with Gasteiger partial charge in [0.1, 0.15) is 12.7 Å². The van der Waals surface area contributed by atoms with Gasteiger partial charge in [0.25, 0.3) is 0 Å². The molecule has 0 unspecified atom stereocenters. The van der Waals surface area contributed by atoms with Crippen LogP contribution in [0.2, 0.25) is 0 Å². The van der Waals surface area contributed by atoms with E-state index in [9.17, 15) is 22.0 Å². The molecule has 0 saturated carbocycles. The Hall–Kier alpha value is -3.53. The largest absolute Gasteiger partial charge is 0.493 e. The summed E-state index contributed by atoms with van der Waals surface area (Å²) in [5, 5.41) is 0. The highest BCUT2D eigenvalue weighted by molar-refractivity contribution is 5.55. The van der Waals surface area contributed by atoms with Crippen molar-refractivity contribution in [3.05, 3.63) is 88.9 Å². The SMILES string of the molecule is C=Cc1c(C)nc([C@@H]2O[C@@](C)(C(F)(F)F)[C@@H](C)[C@H]2c2ccc(F)c(F)c2OC)nc1OCc1ccccc1. The molecule has 1 fully saturated rings. The summed E-state index contributed by atoms with van der Waals surface area (Å²) in [5.41, 5.74) is -0.910. The molecule has 1 aromatic heterocycles. The Morgan fingerprint density at radius 3 is 2.39 bits per heavy atom. The molecule has 1 aliphatic heterocycles. The van der Waals surface area contributed by atoms with Crippen LogP contribution in [0.3, 0.4) is 0 Å². The van der Waals surface area contributed by atoms with Crippen molar-refractivity contribution in [2.45, 2.75) is 51.2 Å². The van der Waals surface area contributed by atoms with Crippen molar-refractivity contribution in [2.75, 3.05) is 7.11 Å². The normalized spacial score (nSPS) is 23.3. The van der Waals surface area contributed by atoms with Crippen LogP contribution in [0.15, 0.2) is 49.0 Å². The van der Waals surface area contributed by atoms with E-state index in [2.05, 4.69) is 16.5 Å². The van der Waals surface area contributed by atoms with E-state index in [1.807, 2.05) is 30.3 Å². The lowest BCUT2D eigenvalue weighted by Gasteiger charge is -2.32. The van der Waals surface area contributed by atoms with E-state index in [1.54, 1.807) is 6.92 Å². The molecule has 3 aromatic rings. The van der Waals surface area contributed by atoms with Gasteiger partial charge < -0.3 is 14.2 Å². The van der Waals surface area contributed by atoms with Crippen molar-refractivity contribution < 1.29 is 36.2 Å². The monoisotopic (exact) mass is 534 g/mol. The second-order valence-electron chi connectivity index (χ2n) is 9.31. The fourth-order valence-electron chi connectivity index (χ4n) is 4.81. The van der Waals surface area contributed by atoms with Crippen LogP contribution in [0, 0.1) is 24.5 Å². The lowest BCUT2D eigenvalue weighted by molar-refractivity contribution is -0.275. The van der Waals surface area contributed by atoms with Gasteiger partial charge in [0.05, 0.1) is 18.4 Å². The smallest absolute Gasteiger partial charge is 0.417 e. The van der Waals surface area contributed by atoms with Gasteiger partial charge in [0, 0.05) is 17.4 Å². The van der Waals surface area contributed by atoms with E-state index in [1.165, 1.54) is 19.1 Å². The molecule has 0 bridgehead atoms. The zero-order chi connectivity index (χ0) is 27.8. The molecule has 0 N–H and O–H groups in total. The van der Waals surface area contributed by atoms with Crippen molar-refractivity contribution in [2.24, 2.45) is 5.92 Å². The number of hydrogen-bond acceptors (Lipinski definition) is 5. The van der Waals surface area contributed by atoms with Gasteiger partial charge in [-0.1, -0.05) is 56.0 Å². The third kappa shape index (κ3) is 4.73. The van der Waals surface area contributed by atoms with Crippen molar-refractivity contribution in [3.63, 3.8) is 0 Å². The second-order valence-corrected chi connectivity index (χ2v) is 9.31. The molecule has 2 heterocycles. The molecule has 4 rings (SSSR count). The average molecular weight is 535 g/mol. The van der Waals surface area contributed by atoms with Crippen molar-refractivity contribution in [1.82, 2.24) is 9.97 Å². The Balaban J connectivity index is 1.85. The number of methoxy groups -OCH3 is 1. The predicted octanol–water partition coefficient (Wildman–Crippen LogP) is 7.11. The van der Waals surface area contributed by atoms with Gasteiger partial charge in [-0.05, 0) is 25.5 Å². The minimum Gasteiger partial charge on any atom is -0.493 e. The van der Waals surface area contributed by atoms with Crippen LogP contribution in [-0.2, 0) is 11.3 Å². The lowest BCUT2D eigenvalue weighted by atomic mass is 9.77. The van der Waals surface area contributed by atoms with Crippen LogP contribution in [0.25, 0.3) is 6.08 Å². The number of benzene rings is 2. The van der Waals surface area contributed by atoms with E-state index in [4.69, 9.17) is 14.2 Å². The number of aryl methyl sites for hydroxylation is 1. The van der Waals surface area contributed by atoms with Gasteiger partial charge in [-0.2, -0.15) is 22.5 Å². The van der Waals surface area contributed by atoms with Gasteiger partial charge in [0.2, 0.25) is 11.7 Å². The van der Waals surface area contributed by atoms with Gasteiger partial charge in [-0.3, -0.25) is 0 Å². The van der Waals surface area contributed by atoms with Gasteiger partial charge in [0.15, 0.2) is 23.0 Å². The number of ether oxygens (including phenoxy) is 3. The van der Waals surface area contributed by atoms with Crippen molar-refractivity contribution >= 4 is 6.08 Å². The first-order valence-electron chi connectivity index (χ1n) is 11.9. The molecule has 4 atom stereocenters. The maximum Gasteiger partial charge on any atom is 0.417 e. The first kappa shape index (κ1) is 27.5. The van der Waals surface area contributed by atoms with Gasteiger partial charge in [-0.15, -0.1) is 0 Å². The Kier molecular flexibility index (Phi) is 7.47. The molecular formula is C28H27F5N2O3. The first-order valence-corrected chi connectivity index (χ1v) is 11.9. The minimum absolute atomic E-state index is 0.0117. The summed E-state index contributed by atoms with van der Waals surface area (Å²) in [6.07, 6.45) is -4.67. The number of alkyl halides is 3. The fraction of sp³-hybridized carbons (Fsp3) is 0.357. The molecule has 5 nitrogen and oxygen atoms in total. The Morgan fingerprint density at radius 2 is 1.79 bits per heavy atom. The molecule has 1 aliphatic rings. The summed E-state index contributed by atoms with van der Waals surface area (Å²) in [4.78, 5) is 8.88. The Morgan fingerprint density at radius 1 is 1.11 bits per heavy atom. The highest BCUT2D eigenvalue weighted by Gasteiger charge is 2.65. The molecule has 1 saturated heterocycles. The maximum atomic E-state index is 14.7. The zero-order valence-electron chi connectivity index (χ0n) is 21.3. The molecule has 202 valence electrons. The van der Waals surface area contributed by atoms with E-state index in [0.29, 0.717) is 11.3 Å². The molecular weight excluding hydrogens is 507 g/mol. The van der Waals surface area contributed by atoms with Crippen LogP contribution in [0.1, 0.15) is 54.1 Å². The van der Waals surface area contributed by atoms with Crippen LogP contribution in [0.4, 0.5) is 22.0 Å². The number of nitrogens with zero attached hydrogens (tertiary/aromatic N) is 2. The zero-order valence-corrected chi connectivity index (χ0v) is 21.3. The highest BCUT2D eigenvalue weighted by Crippen LogP contribution is 2.59. The Labute approximate surface area is 217 Å². The van der Waals surface area contributed by atoms with Crippen LogP contribution in [-0.4, -0.2) is 28.9 Å². The van der Waals surface area contributed by atoms with Crippen LogP contribution < -0.4 is 9.47 Å². The Bertz CT molecular complexity index is 1330. The lowest BCUT2D eigenvalue weighted by Crippen LogP contribution is -2.46. The fourth-order valence-corrected chi connectivity index (χ4v) is 4.81. The standard InChI is InChI=1S/C28H27F5N2O3/c1-6-18-16(3)34-25(35-26(18)37-14-17-10-8-7-9-11-17)24-21(15(2)27(4,38-24)28(31,32)33)19-12-13-20(29)22(30)23(19)36-5/h6-13,15,21,24H,1,14H2,2-5H3/t15-,21-,24+,27+/m0/s1. The molecule has 0 spiro atoms. The number of halogens is 5. The van der Waals surface area contributed by atoms with E-state index < -0.39 is 47.1 Å². The third-order valence-corrected chi connectivity index (χ3v) is 7.11.